The maximum absolute atomic E-state index is 12.2. The Hall–Kier alpha value is -1.03. The van der Waals surface area contributed by atoms with Gasteiger partial charge >= 0.3 is 0 Å². The number of benzene rings is 1. The highest BCUT2D eigenvalue weighted by molar-refractivity contribution is 9.10. The summed E-state index contributed by atoms with van der Waals surface area (Å²) in [6, 6.07) is 4.99. The minimum absolute atomic E-state index is 0.0385. The zero-order valence-corrected chi connectivity index (χ0v) is 11.6. The number of aromatic hydroxyl groups is 1. The van der Waals surface area contributed by atoms with Crippen molar-refractivity contribution in [3.05, 3.63) is 28.2 Å². The second-order valence-corrected chi connectivity index (χ2v) is 5.74. The van der Waals surface area contributed by atoms with E-state index in [1.165, 1.54) is 0 Å². The lowest BCUT2D eigenvalue weighted by atomic mass is 10.0. The number of nitrogens with zero attached hydrogens (tertiary/aromatic N) is 1. The van der Waals surface area contributed by atoms with Crippen LogP contribution in [0.3, 0.4) is 0 Å². The standard InChI is InChI=1S/C13H16BrNO2/c1-8-6-15(7-9(8)2)13(17)11-4-3-10(14)5-12(11)16/h3-5,8-9,16H,6-7H2,1-2H3. The molecule has 0 aliphatic carbocycles. The van der Waals surface area contributed by atoms with Gasteiger partial charge in [0.1, 0.15) is 5.75 Å². The number of amides is 1. The van der Waals surface area contributed by atoms with Crippen LogP contribution in [0.25, 0.3) is 0 Å². The Bertz CT molecular complexity index is 437. The molecule has 4 heteroatoms. The third-order valence-electron chi connectivity index (χ3n) is 3.47. The molecule has 1 aromatic carbocycles. The van der Waals surface area contributed by atoms with Gasteiger partial charge in [0.05, 0.1) is 5.56 Å². The van der Waals surface area contributed by atoms with Crippen molar-refractivity contribution < 1.29 is 9.90 Å². The van der Waals surface area contributed by atoms with Gasteiger partial charge in [0.15, 0.2) is 0 Å². The Morgan fingerprint density at radius 2 is 1.94 bits per heavy atom. The average molecular weight is 298 g/mol. The summed E-state index contributed by atoms with van der Waals surface area (Å²) in [6.07, 6.45) is 0. The van der Waals surface area contributed by atoms with E-state index in [0.717, 1.165) is 17.6 Å². The van der Waals surface area contributed by atoms with E-state index in [1.807, 2.05) is 4.90 Å². The van der Waals surface area contributed by atoms with Gasteiger partial charge in [0.2, 0.25) is 0 Å². The fourth-order valence-corrected chi connectivity index (χ4v) is 2.50. The number of phenolic OH excluding ortho intramolecular Hbond substituents is 1. The first kappa shape index (κ1) is 12.4. The van der Waals surface area contributed by atoms with Crippen molar-refractivity contribution in [3.63, 3.8) is 0 Å². The van der Waals surface area contributed by atoms with Gasteiger partial charge in [-0.15, -0.1) is 0 Å². The van der Waals surface area contributed by atoms with E-state index < -0.39 is 0 Å². The number of halogens is 1. The number of carbonyl (C=O) groups excluding carboxylic acids is 1. The summed E-state index contributed by atoms with van der Waals surface area (Å²) in [5, 5.41) is 9.78. The Balaban J connectivity index is 2.20. The number of rotatable bonds is 1. The molecule has 1 N–H and O–H groups in total. The van der Waals surface area contributed by atoms with E-state index in [2.05, 4.69) is 29.8 Å². The van der Waals surface area contributed by atoms with Crippen LogP contribution in [0.2, 0.25) is 0 Å². The molecule has 1 aliphatic heterocycles. The summed E-state index contributed by atoms with van der Waals surface area (Å²) in [5.74, 6) is 1.01. The molecule has 1 amide bonds. The third kappa shape index (κ3) is 2.46. The molecule has 0 aromatic heterocycles. The van der Waals surface area contributed by atoms with Gasteiger partial charge in [-0.3, -0.25) is 4.79 Å². The largest absolute Gasteiger partial charge is 0.507 e. The fraction of sp³-hybridized carbons (Fsp3) is 0.462. The van der Waals surface area contributed by atoms with Crippen LogP contribution >= 0.6 is 15.9 Å². The molecule has 1 aromatic rings. The van der Waals surface area contributed by atoms with E-state index in [1.54, 1.807) is 18.2 Å². The average Bonchev–Trinajstić information content (AvgIpc) is 2.58. The number of hydrogen-bond donors (Lipinski definition) is 1. The summed E-state index contributed by atoms with van der Waals surface area (Å²) < 4.78 is 0.773. The highest BCUT2D eigenvalue weighted by atomic mass is 79.9. The van der Waals surface area contributed by atoms with Crippen LogP contribution in [-0.4, -0.2) is 29.0 Å². The molecule has 1 fully saturated rings. The van der Waals surface area contributed by atoms with E-state index >= 15 is 0 Å². The molecule has 1 aliphatic rings. The monoisotopic (exact) mass is 297 g/mol. The highest BCUT2D eigenvalue weighted by Gasteiger charge is 2.30. The normalized spacial score (nSPS) is 24.1. The topological polar surface area (TPSA) is 40.5 Å². The Labute approximate surface area is 110 Å². The minimum Gasteiger partial charge on any atom is -0.507 e. The Kier molecular flexibility index (Phi) is 3.43. The molecule has 2 unspecified atom stereocenters. The van der Waals surface area contributed by atoms with Gasteiger partial charge in [0, 0.05) is 17.6 Å². The zero-order chi connectivity index (χ0) is 12.6. The number of hydrogen-bond acceptors (Lipinski definition) is 2. The Morgan fingerprint density at radius 1 is 1.35 bits per heavy atom. The summed E-state index contributed by atoms with van der Waals surface area (Å²) in [5.41, 5.74) is 0.384. The van der Waals surface area contributed by atoms with Crippen LogP contribution < -0.4 is 0 Å². The first-order chi connectivity index (χ1) is 7.99. The summed E-state index contributed by atoms with van der Waals surface area (Å²) in [7, 11) is 0. The fourth-order valence-electron chi connectivity index (χ4n) is 2.15. The lowest BCUT2D eigenvalue weighted by Gasteiger charge is -2.16. The predicted octanol–water partition coefficient (Wildman–Crippen LogP) is 2.88. The third-order valence-corrected chi connectivity index (χ3v) is 3.96. The van der Waals surface area contributed by atoms with Gasteiger partial charge in [-0.1, -0.05) is 29.8 Å². The van der Waals surface area contributed by atoms with E-state index in [9.17, 15) is 9.90 Å². The lowest BCUT2D eigenvalue weighted by molar-refractivity contribution is 0.0782. The Morgan fingerprint density at radius 3 is 2.47 bits per heavy atom. The van der Waals surface area contributed by atoms with Crippen molar-refractivity contribution in [2.24, 2.45) is 11.8 Å². The first-order valence-corrected chi connectivity index (χ1v) is 6.56. The van der Waals surface area contributed by atoms with Crippen molar-refractivity contribution in [1.29, 1.82) is 0 Å². The van der Waals surface area contributed by atoms with Crippen LogP contribution in [0.1, 0.15) is 24.2 Å². The van der Waals surface area contributed by atoms with Gasteiger partial charge < -0.3 is 10.0 Å². The van der Waals surface area contributed by atoms with Crippen LogP contribution in [-0.2, 0) is 0 Å². The second-order valence-electron chi connectivity index (χ2n) is 4.83. The molecular formula is C13H16BrNO2. The van der Waals surface area contributed by atoms with Gasteiger partial charge in [-0.05, 0) is 30.0 Å². The van der Waals surface area contributed by atoms with Gasteiger partial charge in [0.25, 0.3) is 5.91 Å². The molecule has 0 spiro atoms. The van der Waals surface area contributed by atoms with Gasteiger partial charge in [-0.2, -0.15) is 0 Å². The van der Waals surface area contributed by atoms with E-state index in [-0.39, 0.29) is 11.7 Å². The van der Waals surface area contributed by atoms with Crippen molar-refractivity contribution in [3.8, 4) is 5.75 Å². The van der Waals surface area contributed by atoms with Crippen molar-refractivity contribution in [2.45, 2.75) is 13.8 Å². The number of carbonyl (C=O) groups is 1. The summed E-state index contributed by atoms with van der Waals surface area (Å²) in [4.78, 5) is 14.0. The summed E-state index contributed by atoms with van der Waals surface area (Å²) in [6.45, 7) is 5.85. The van der Waals surface area contributed by atoms with Crippen molar-refractivity contribution in [1.82, 2.24) is 4.90 Å². The van der Waals surface area contributed by atoms with Crippen molar-refractivity contribution >= 4 is 21.8 Å². The maximum Gasteiger partial charge on any atom is 0.257 e. The molecule has 2 atom stereocenters. The van der Waals surface area contributed by atoms with Crippen LogP contribution in [0.5, 0.6) is 5.75 Å². The molecule has 0 saturated carbocycles. The quantitative estimate of drug-likeness (QED) is 0.866. The molecule has 1 heterocycles. The molecule has 92 valence electrons. The minimum atomic E-state index is -0.0776. The maximum atomic E-state index is 12.2. The molecule has 0 bridgehead atoms. The second kappa shape index (κ2) is 4.69. The van der Waals surface area contributed by atoms with E-state index in [4.69, 9.17) is 0 Å². The van der Waals surface area contributed by atoms with E-state index in [0.29, 0.717) is 17.4 Å². The molecule has 0 radical (unpaired) electrons. The summed E-state index contributed by atoms with van der Waals surface area (Å²) >= 11 is 3.26. The number of phenols is 1. The van der Waals surface area contributed by atoms with Crippen molar-refractivity contribution in [2.75, 3.05) is 13.1 Å². The highest BCUT2D eigenvalue weighted by Crippen LogP contribution is 2.28. The number of likely N-dealkylation sites (tertiary alicyclic amines) is 1. The molecule has 3 nitrogen and oxygen atoms in total. The predicted molar refractivity (Wildman–Crippen MR) is 70.0 cm³/mol. The SMILES string of the molecule is CC1CN(C(=O)c2ccc(Br)cc2O)CC1C. The zero-order valence-electron chi connectivity index (χ0n) is 9.98. The smallest absolute Gasteiger partial charge is 0.257 e. The van der Waals surface area contributed by atoms with Crippen LogP contribution in [0, 0.1) is 11.8 Å². The van der Waals surface area contributed by atoms with Gasteiger partial charge in [-0.25, -0.2) is 0 Å². The molecular weight excluding hydrogens is 282 g/mol. The molecule has 1 saturated heterocycles. The first-order valence-electron chi connectivity index (χ1n) is 5.77. The van der Waals surface area contributed by atoms with Crippen LogP contribution in [0.4, 0.5) is 0 Å². The molecule has 17 heavy (non-hydrogen) atoms. The van der Waals surface area contributed by atoms with Crippen LogP contribution in [0.15, 0.2) is 22.7 Å². The molecule has 2 rings (SSSR count). The lowest BCUT2D eigenvalue weighted by Crippen LogP contribution is -2.28.